The Kier molecular flexibility index (Phi) is 7.05. The van der Waals surface area contributed by atoms with E-state index in [1.807, 2.05) is 0 Å². The number of ketones is 1. The number of aryl methyl sites for hydroxylation is 1. The lowest BCUT2D eigenvalue weighted by atomic mass is 10.0. The highest BCUT2D eigenvalue weighted by Crippen LogP contribution is 2.30. The Morgan fingerprint density at radius 1 is 1.07 bits per heavy atom. The highest BCUT2D eigenvalue weighted by molar-refractivity contribution is 6.08. The summed E-state index contributed by atoms with van der Waals surface area (Å²) < 4.78 is 56.6. The van der Waals surface area contributed by atoms with Gasteiger partial charge in [-0.1, -0.05) is 6.07 Å². The molecule has 44 heavy (non-hydrogen) atoms. The largest absolute Gasteiger partial charge is 0.453 e. The van der Waals surface area contributed by atoms with Crippen molar-refractivity contribution in [2.24, 2.45) is 0 Å². The van der Waals surface area contributed by atoms with Gasteiger partial charge in [0.2, 0.25) is 11.8 Å². The maximum absolute atomic E-state index is 14.6. The van der Waals surface area contributed by atoms with Gasteiger partial charge in [0.05, 0.1) is 18.9 Å². The molecule has 0 radical (unpaired) electrons. The fourth-order valence-electron chi connectivity index (χ4n) is 5.30. The fraction of sp³-hybridized carbons (Fsp3) is 0.286. The number of benzene rings is 1. The van der Waals surface area contributed by atoms with Crippen molar-refractivity contribution < 1.29 is 31.9 Å². The number of hydrogen-bond acceptors (Lipinski definition) is 8. The van der Waals surface area contributed by atoms with Gasteiger partial charge in [-0.05, 0) is 37.6 Å². The van der Waals surface area contributed by atoms with Crippen LogP contribution in [0.15, 0.2) is 48.9 Å². The van der Waals surface area contributed by atoms with Crippen LogP contribution in [0.5, 0.6) is 0 Å². The topological polar surface area (TPSA) is 140 Å². The number of carbonyl (C=O) groups is 3. The Morgan fingerprint density at radius 3 is 2.57 bits per heavy atom. The molecular formula is C28H23F4N9O3. The Hall–Kier alpha value is -5.28. The molecule has 0 spiro atoms. The third kappa shape index (κ3) is 5.33. The van der Waals surface area contributed by atoms with Gasteiger partial charge in [-0.3, -0.25) is 14.4 Å². The van der Waals surface area contributed by atoms with Crippen molar-refractivity contribution in [1.82, 2.24) is 39.2 Å². The molecule has 6 rings (SSSR count). The summed E-state index contributed by atoms with van der Waals surface area (Å²) >= 11 is 0. The highest BCUT2D eigenvalue weighted by Gasteiger charge is 2.41. The minimum Gasteiger partial charge on any atom is -0.337 e. The van der Waals surface area contributed by atoms with E-state index in [4.69, 9.17) is 0 Å². The minimum absolute atomic E-state index is 0.169. The molecule has 5 aromatic rings. The molecule has 1 aliphatic heterocycles. The molecule has 1 saturated heterocycles. The van der Waals surface area contributed by atoms with Gasteiger partial charge in [0.15, 0.2) is 5.78 Å². The summed E-state index contributed by atoms with van der Waals surface area (Å²) in [5.41, 5.74) is 2.76. The maximum atomic E-state index is 14.6. The first kappa shape index (κ1) is 28.8. The quantitative estimate of drug-likeness (QED) is 0.227. The monoisotopic (exact) mass is 609 g/mol. The van der Waals surface area contributed by atoms with Crippen molar-refractivity contribution in [2.45, 2.75) is 45.2 Å². The van der Waals surface area contributed by atoms with Crippen LogP contribution >= 0.6 is 0 Å². The summed E-state index contributed by atoms with van der Waals surface area (Å²) in [7, 11) is 0. The molecule has 16 heteroatoms. The molecule has 5 heterocycles. The first-order valence-electron chi connectivity index (χ1n) is 13.4. The Labute approximate surface area is 245 Å². The molecule has 1 aromatic carbocycles. The molecule has 0 aliphatic carbocycles. The number of nitrogens with one attached hydrogen (secondary N) is 1. The van der Waals surface area contributed by atoms with Gasteiger partial charge in [0, 0.05) is 46.4 Å². The average Bonchev–Trinajstić information content (AvgIpc) is 3.68. The van der Waals surface area contributed by atoms with E-state index in [0.29, 0.717) is 16.5 Å². The molecule has 12 nitrogen and oxygen atoms in total. The van der Waals surface area contributed by atoms with Gasteiger partial charge in [0.25, 0.3) is 11.6 Å². The van der Waals surface area contributed by atoms with E-state index >= 15 is 0 Å². The minimum atomic E-state index is -4.85. The van der Waals surface area contributed by atoms with Crippen LogP contribution in [0.3, 0.4) is 0 Å². The van der Waals surface area contributed by atoms with Gasteiger partial charge in [-0.2, -0.15) is 32.9 Å². The van der Waals surface area contributed by atoms with Crippen LogP contribution in [-0.2, 0) is 22.3 Å². The predicted molar refractivity (Wildman–Crippen MR) is 147 cm³/mol. The Bertz CT molecular complexity index is 1940. The number of fused-ring (bicyclic) bond motifs is 2. The van der Waals surface area contributed by atoms with E-state index in [0.717, 1.165) is 20.5 Å². The standard InChI is InChI=1S/C28H23F4N9O3/c1-14-7-23(41-27(35-14)37-26(38-41)28(30,31)32)36-25(44)22-9-18(29)11-40(22)24(43)13-39-12-20(15(2)42)19-8-16(3-4-21(19)39)17-5-6-33-34-10-17/h3-8,10,12,18,22H,9,11,13H2,1-2H3,(H,36,44). The lowest BCUT2D eigenvalue weighted by Crippen LogP contribution is -2.44. The summed E-state index contributed by atoms with van der Waals surface area (Å²) in [6.45, 7) is 2.24. The normalized spacial score (nSPS) is 17.0. The number of carbonyl (C=O) groups excluding carboxylic acids is 3. The van der Waals surface area contributed by atoms with E-state index < -0.39 is 36.0 Å². The number of anilines is 1. The van der Waals surface area contributed by atoms with E-state index in [9.17, 15) is 31.9 Å². The summed E-state index contributed by atoms with van der Waals surface area (Å²) in [6.07, 6.45) is -2.01. The Morgan fingerprint density at radius 2 is 1.86 bits per heavy atom. The van der Waals surface area contributed by atoms with Crippen LogP contribution in [-0.4, -0.2) is 75.6 Å². The molecule has 1 N–H and O–H groups in total. The van der Waals surface area contributed by atoms with Gasteiger partial charge in [0.1, 0.15) is 24.6 Å². The smallest absolute Gasteiger partial charge is 0.337 e. The fourth-order valence-corrected chi connectivity index (χ4v) is 5.30. The lowest BCUT2D eigenvalue weighted by molar-refractivity contribution is -0.144. The van der Waals surface area contributed by atoms with Gasteiger partial charge in [-0.25, -0.2) is 9.37 Å². The average molecular weight is 610 g/mol. The van der Waals surface area contributed by atoms with Crippen LogP contribution < -0.4 is 5.32 Å². The second kappa shape index (κ2) is 10.8. The third-order valence-electron chi connectivity index (χ3n) is 7.30. The van der Waals surface area contributed by atoms with E-state index in [1.165, 1.54) is 26.1 Å². The van der Waals surface area contributed by atoms with Crippen molar-refractivity contribution in [3.8, 4) is 11.1 Å². The molecule has 1 aliphatic rings. The summed E-state index contributed by atoms with van der Waals surface area (Å²) in [4.78, 5) is 47.7. The van der Waals surface area contributed by atoms with Crippen LogP contribution in [0.4, 0.5) is 23.4 Å². The SMILES string of the molecule is CC(=O)c1cn(CC(=O)N2CC(F)CC2C(=O)Nc2cc(C)nc3nc(C(F)(F)F)nn23)c2ccc(-c3ccnnc3)cc12. The first-order valence-corrected chi connectivity index (χ1v) is 13.4. The van der Waals surface area contributed by atoms with E-state index in [-0.39, 0.29) is 42.6 Å². The molecule has 0 bridgehead atoms. The summed E-state index contributed by atoms with van der Waals surface area (Å²) in [5, 5.41) is 14.1. The number of alkyl halides is 4. The van der Waals surface area contributed by atoms with Crippen LogP contribution in [0.2, 0.25) is 0 Å². The molecule has 0 saturated carbocycles. The van der Waals surface area contributed by atoms with Crippen molar-refractivity contribution in [2.75, 3.05) is 11.9 Å². The van der Waals surface area contributed by atoms with Crippen LogP contribution in [0, 0.1) is 6.92 Å². The number of Topliss-reactive ketones (excluding diaryl/α,β-unsaturated/α-hetero) is 1. The number of amides is 2. The van der Waals surface area contributed by atoms with Crippen molar-refractivity contribution in [3.05, 3.63) is 66.0 Å². The second-order valence-electron chi connectivity index (χ2n) is 10.4. The molecule has 1 fully saturated rings. The molecule has 226 valence electrons. The molecule has 4 aromatic heterocycles. The number of aromatic nitrogens is 7. The predicted octanol–water partition coefficient (Wildman–Crippen LogP) is 3.64. The zero-order valence-electron chi connectivity index (χ0n) is 23.2. The van der Waals surface area contributed by atoms with Crippen molar-refractivity contribution in [3.63, 3.8) is 0 Å². The molecule has 2 amide bonds. The molecule has 2 unspecified atom stereocenters. The van der Waals surface area contributed by atoms with Crippen LogP contribution in [0.25, 0.3) is 27.8 Å². The van der Waals surface area contributed by atoms with E-state index in [1.54, 1.807) is 41.2 Å². The van der Waals surface area contributed by atoms with Crippen molar-refractivity contribution >= 4 is 40.1 Å². The first-order chi connectivity index (χ1) is 20.9. The zero-order valence-corrected chi connectivity index (χ0v) is 23.2. The zero-order chi connectivity index (χ0) is 31.3. The highest BCUT2D eigenvalue weighted by atomic mass is 19.4. The molecule has 2 atom stereocenters. The summed E-state index contributed by atoms with van der Waals surface area (Å²) in [5.74, 6) is -3.63. The van der Waals surface area contributed by atoms with Gasteiger partial charge < -0.3 is 14.8 Å². The lowest BCUT2D eigenvalue weighted by Gasteiger charge is -2.24. The number of likely N-dealkylation sites (tertiary alicyclic amines) is 1. The van der Waals surface area contributed by atoms with Crippen LogP contribution in [0.1, 0.15) is 35.2 Å². The van der Waals surface area contributed by atoms with Crippen molar-refractivity contribution in [1.29, 1.82) is 0 Å². The third-order valence-corrected chi connectivity index (χ3v) is 7.30. The van der Waals surface area contributed by atoms with E-state index in [2.05, 4.69) is 30.6 Å². The maximum Gasteiger partial charge on any atom is 0.453 e. The second-order valence-corrected chi connectivity index (χ2v) is 10.4. The summed E-state index contributed by atoms with van der Waals surface area (Å²) in [6, 6.07) is 7.16. The number of rotatable bonds is 6. The number of hydrogen-bond donors (Lipinski definition) is 1. The van der Waals surface area contributed by atoms with Gasteiger partial charge >= 0.3 is 6.18 Å². The van der Waals surface area contributed by atoms with Gasteiger partial charge in [-0.15, -0.1) is 5.10 Å². The number of halogens is 4. The number of nitrogens with zero attached hydrogens (tertiary/aromatic N) is 8. The Balaban J connectivity index is 1.27. The molecular weight excluding hydrogens is 586 g/mol.